The number of nitrogens with zero attached hydrogens (tertiary/aromatic N) is 1. The van der Waals surface area contributed by atoms with Crippen LogP contribution < -0.4 is 5.43 Å². The first kappa shape index (κ1) is 10.7. The van der Waals surface area contributed by atoms with Crippen LogP contribution in [-0.4, -0.2) is 24.7 Å². The van der Waals surface area contributed by atoms with Gasteiger partial charge in [-0.2, -0.15) is 5.10 Å². The molecule has 2 atom stereocenters. The van der Waals surface area contributed by atoms with E-state index < -0.39 is 17.8 Å². The Bertz CT molecular complexity index is 263. The lowest BCUT2D eigenvalue weighted by molar-refractivity contribution is -0.154. The van der Waals surface area contributed by atoms with Gasteiger partial charge in [-0.1, -0.05) is 13.8 Å². The van der Waals surface area contributed by atoms with Crippen molar-refractivity contribution in [1.82, 2.24) is 5.43 Å². The van der Waals surface area contributed by atoms with E-state index in [1.54, 1.807) is 6.92 Å². The predicted octanol–water partition coefficient (Wildman–Crippen LogP) is 0.184. The number of hydrazone groups is 1. The summed E-state index contributed by atoms with van der Waals surface area (Å²) in [5, 5.41) is 3.49. The van der Waals surface area contributed by atoms with E-state index in [0.29, 0.717) is 6.61 Å². The van der Waals surface area contributed by atoms with Gasteiger partial charge in [0.15, 0.2) is 0 Å². The molecule has 14 heavy (non-hydrogen) atoms. The summed E-state index contributed by atoms with van der Waals surface area (Å²) < 4.78 is 4.89. The molecule has 0 spiro atoms. The summed E-state index contributed by atoms with van der Waals surface area (Å²) >= 11 is 0. The molecule has 0 saturated carbocycles. The smallest absolute Gasteiger partial charge is 0.319 e. The first-order chi connectivity index (χ1) is 6.66. The number of hydrogen-bond donors (Lipinski definition) is 1. The van der Waals surface area contributed by atoms with Crippen molar-refractivity contribution < 1.29 is 14.3 Å². The Morgan fingerprint density at radius 3 is 3.00 bits per heavy atom. The number of hydrogen-bond acceptors (Lipinski definition) is 4. The van der Waals surface area contributed by atoms with Crippen LogP contribution in [0.5, 0.6) is 0 Å². The van der Waals surface area contributed by atoms with Crippen molar-refractivity contribution >= 4 is 18.1 Å². The summed E-state index contributed by atoms with van der Waals surface area (Å²) in [6.45, 7) is 3.94. The quantitative estimate of drug-likeness (QED) is 0.518. The molecule has 1 rings (SSSR count). The Morgan fingerprint density at radius 2 is 2.43 bits per heavy atom. The van der Waals surface area contributed by atoms with Crippen molar-refractivity contribution in [1.29, 1.82) is 0 Å². The molecule has 0 aliphatic carbocycles. The Hall–Kier alpha value is -1.39. The predicted molar refractivity (Wildman–Crippen MR) is 49.5 cm³/mol. The first-order valence-corrected chi connectivity index (χ1v) is 4.58. The van der Waals surface area contributed by atoms with Crippen molar-refractivity contribution in [2.75, 3.05) is 6.61 Å². The fraction of sp³-hybridized carbons (Fsp3) is 0.667. The number of esters is 1. The Kier molecular flexibility index (Phi) is 3.62. The fourth-order valence-electron chi connectivity index (χ4n) is 1.16. The minimum absolute atomic E-state index is 0.326. The molecule has 1 heterocycles. The van der Waals surface area contributed by atoms with E-state index in [4.69, 9.17) is 4.74 Å². The van der Waals surface area contributed by atoms with Crippen LogP contribution in [-0.2, 0) is 14.3 Å². The molecular weight excluding hydrogens is 184 g/mol. The molecule has 2 unspecified atom stereocenters. The summed E-state index contributed by atoms with van der Waals surface area (Å²) in [4.78, 5) is 22.7. The minimum atomic E-state index is -0.806. The summed E-state index contributed by atoms with van der Waals surface area (Å²) in [6.07, 6.45) is 3.35. The molecule has 0 aromatic rings. The zero-order valence-corrected chi connectivity index (χ0v) is 8.24. The Labute approximate surface area is 82.5 Å². The lowest BCUT2D eigenvalue weighted by Crippen LogP contribution is -2.42. The zero-order chi connectivity index (χ0) is 10.6. The Balaban J connectivity index is 2.60. The van der Waals surface area contributed by atoms with Gasteiger partial charge in [-0.25, -0.2) is 5.43 Å². The summed E-state index contributed by atoms with van der Waals surface area (Å²) in [6, 6.07) is 0. The molecule has 0 bridgehead atoms. The van der Waals surface area contributed by atoms with E-state index in [-0.39, 0.29) is 5.92 Å². The van der Waals surface area contributed by atoms with Crippen molar-refractivity contribution in [2.24, 2.45) is 16.9 Å². The second kappa shape index (κ2) is 4.74. The second-order valence-electron chi connectivity index (χ2n) is 3.15. The van der Waals surface area contributed by atoms with Gasteiger partial charge < -0.3 is 4.74 Å². The van der Waals surface area contributed by atoms with Gasteiger partial charge >= 0.3 is 5.97 Å². The first-order valence-electron chi connectivity index (χ1n) is 4.58. The van der Waals surface area contributed by atoms with Crippen molar-refractivity contribution in [2.45, 2.75) is 20.3 Å². The maximum Gasteiger partial charge on any atom is 0.319 e. The lowest BCUT2D eigenvalue weighted by atomic mass is 9.93. The van der Waals surface area contributed by atoms with Gasteiger partial charge in [-0.05, 0) is 6.42 Å². The van der Waals surface area contributed by atoms with Gasteiger partial charge in [0.2, 0.25) is 0 Å². The monoisotopic (exact) mass is 197 g/mol. The van der Waals surface area contributed by atoms with Crippen molar-refractivity contribution in [3.05, 3.63) is 0 Å². The number of nitrogens with one attached hydrogen (secondary N) is 1. The van der Waals surface area contributed by atoms with E-state index in [2.05, 4.69) is 16.7 Å². The molecule has 1 amide bonds. The average Bonchev–Trinajstić information content (AvgIpc) is 2.14. The van der Waals surface area contributed by atoms with Crippen LogP contribution in [0.1, 0.15) is 20.3 Å². The summed E-state index contributed by atoms with van der Waals surface area (Å²) in [7, 11) is 0. The maximum atomic E-state index is 11.4. The van der Waals surface area contributed by atoms with Crippen LogP contribution in [0.4, 0.5) is 0 Å². The van der Waals surface area contributed by atoms with E-state index in [1.807, 2.05) is 6.92 Å². The third kappa shape index (κ3) is 2.31. The summed E-state index contributed by atoms with van der Waals surface area (Å²) in [5.41, 5.74) is 2.19. The van der Waals surface area contributed by atoms with Gasteiger partial charge in [0.05, 0.1) is 12.8 Å². The van der Waals surface area contributed by atoms with E-state index in [9.17, 15) is 9.59 Å². The van der Waals surface area contributed by atoms with E-state index in [0.717, 1.165) is 6.42 Å². The lowest BCUT2D eigenvalue weighted by Gasteiger charge is -2.20. The van der Waals surface area contributed by atoms with Gasteiger partial charge in [0, 0.05) is 5.92 Å². The van der Waals surface area contributed by atoms with Gasteiger partial charge in [-0.15, -0.1) is 0 Å². The van der Waals surface area contributed by atoms with Gasteiger partial charge in [0.1, 0.15) is 5.92 Å². The molecule has 1 radical (unpaired) electrons. The Morgan fingerprint density at radius 1 is 1.71 bits per heavy atom. The maximum absolute atomic E-state index is 11.4. The number of ether oxygens (including phenoxy) is 1. The third-order valence-corrected chi connectivity index (χ3v) is 1.92. The van der Waals surface area contributed by atoms with Gasteiger partial charge in [-0.3, -0.25) is 9.59 Å². The third-order valence-electron chi connectivity index (χ3n) is 1.92. The van der Waals surface area contributed by atoms with E-state index >= 15 is 0 Å². The molecule has 77 valence electrons. The molecule has 5 heteroatoms. The molecule has 1 N–H and O–H groups in total. The highest BCUT2D eigenvalue weighted by molar-refractivity contribution is 6.01. The van der Waals surface area contributed by atoms with Gasteiger partial charge in [0.25, 0.3) is 5.91 Å². The number of amides is 1. The molecule has 0 aromatic heterocycles. The van der Waals surface area contributed by atoms with E-state index in [1.165, 1.54) is 0 Å². The minimum Gasteiger partial charge on any atom is -0.465 e. The second-order valence-corrected chi connectivity index (χ2v) is 3.15. The number of rotatable bonds is 3. The molecule has 0 fully saturated rings. The van der Waals surface area contributed by atoms with Crippen LogP contribution in [0.2, 0.25) is 0 Å². The normalized spacial score (nSPS) is 25.7. The molecule has 0 aromatic carbocycles. The fourth-order valence-corrected chi connectivity index (χ4v) is 1.16. The number of carbonyl (C=O) groups is 2. The number of carbonyl (C=O) groups excluding carboxylic acids is 2. The van der Waals surface area contributed by atoms with Crippen LogP contribution in [0, 0.1) is 11.8 Å². The summed E-state index contributed by atoms with van der Waals surface area (Å²) in [5.74, 6) is -2.05. The van der Waals surface area contributed by atoms with Crippen molar-refractivity contribution in [3.8, 4) is 0 Å². The molecule has 1 aliphatic rings. The average molecular weight is 197 g/mol. The van der Waals surface area contributed by atoms with Crippen LogP contribution in [0.15, 0.2) is 5.10 Å². The highest BCUT2D eigenvalue weighted by Crippen LogP contribution is 2.15. The van der Waals surface area contributed by atoms with Crippen LogP contribution in [0.25, 0.3) is 0 Å². The topological polar surface area (TPSA) is 67.8 Å². The molecular formula is C9H13N2O3. The molecule has 1 aliphatic heterocycles. The molecule has 0 saturated heterocycles. The molecule has 5 nitrogen and oxygen atoms in total. The zero-order valence-electron chi connectivity index (χ0n) is 8.24. The van der Waals surface area contributed by atoms with Crippen LogP contribution >= 0.6 is 0 Å². The highest BCUT2D eigenvalue weighted by Gasteiger charge is 2.35. The highest BCUT2D eigenvalue weighted by atomic mass is 16.5. The van der Waals surface area contributed by atoms with Crippen LogP contribution in [0.3, 0.4) is 0 Å². The van der Waals surface area contributed by atoms with Crippen molar-refractivity contribution in [3.63, 3.8) is 0 Å². The standard InChI is InChI=1S/C9H13N2O3/c1-3-4-14-9(13)7-6(2)5-10-11-8(7)12/h6-7H,3-4H2,1-2H3,(H,11,12). The largest absolute Gasteiger partial charge is 0.465 e. The SMILES string of the molecule is CCCOC(=O)C1C(=O)NN=[C]C1C.